The fourth-order valence-corrected chi connectivity index (χ4v) is 2.09. The molecule has 0 fully saturated rings. The number of aryl methyl sites for hydroxylation is 1. The second-order valence-electron chi connectivity index (χ2n) is 3.82. The summed E-state index contributed by atoms with van der Waals surface area (Å²) in [5.41, 5.74) is 5.23. The Balaban J connectivity index is 2.52. The molecule has 3 heteroatoms. The van der Waals surface area contributed by atoms with Gasteiger partial charge in [0.2, 0.25) is 0 Å². The highest BCUT2D eigenvalue weighted by Crippen LogP contribution is 2.38. The Labute approximate surface area is 81.9 Å². The van der Waals surface area contributed by atoms with Gasteiger partial charge in [0.15, 0.2) is 0 Å². The quantitative estimate of drug-likeness (QED) is 0.734. The molecule has 0 aromatic heterocycles. The van der Waals surface area contributed by atoms with Crippen molar-refractivity contribution in [2.24, 2.45) is 5.73 Å². The third-order valence-corrected chi connectivity index (χ3v) is 2.90. The van der Waals surface area contributed by atoms with Crippen LogP contribution in [0, 0.1) is 5.82 Å². The molecule has 0 amide bonds. The van der Waals surface area contributed by atoms with E-state index in [2.05, 4.69) is 0 Å². The van der Waals surface area contributed by atoms with Crippen LogP contribution in [0.5, 0.6) is 0 Å². The molecular formula is C11H13F2N. The summed E-state index contributed by atoms with van der Waals surface area (Å²) >= 11 is 0. The summed E-state index contributed by atoms with van der Waals surface area (Å²) in [5, 5.41) is 0. The van der Waals surface area contributed by atoms with E-state index < -0.39 is 5.67 Å². The number of rotatable bonds is 1. The third-order valence-electron chi connectivity index (χ3n) is 2.90. The molecule has 1 aliphatic rings. The molecule has 1 unspecified atom stereocenters. The highest BCUT2D eigenvalue weighted by molar-refractivity contribution is 5.35. The topological polar surface area (TPSA) is 26.0 Å². The van der Waals surface area contributed by atoms with E-state index in [-0.39, 0.29) is 12.4 Å². The average molecular weight is 197 g/mol. The Bertz CT molecular complexity index is 351. The summed E-state index contributed by atoms with van der Waals surface area (Å²) in [5.74, 6) is -0.388. The van der Waals surface area contributed by atoms with Crippen LogP contribution in [0.25, 0.3) is 0 Å². The normalized spacial score (nSPS) is 25.9. The summed E-state index contributed by atoms with van der Waals surface area (Å²) in [6, 6.07) is 4.32. The van der Waals surface area contributed by atoms with Crippen LogP contribution in [0.1, 0.15) is 24.0 Å². The first kappa shape index (κ1) is 9.59. The second kappa shape index (κ2) is 3.31. The molecule has 1 nitrogen and oxygen atoms in total. The molecule has 0 saturated heterocycles. The van der Waals surface area contributed by atoms with Crippen molar-refractivity contribution < 1.29 is 8.78 Å². The highest BCUT2D eigenvalue weighted by Gasteiger charge is 2.35. The standard InChI is InChI=1S/C11H13F2N/c12-9-4-3-8-2-1-5-11(13,7-14)10(8)6-9/h3-4,6H,1-2,5,7,14H2. The van der Waals surface area contributed by atoms with E-state index in [1.807, 2.05) is 0 Å². The fourth-order valence-electron chi connectivity index (χ4n) is 2.09. The van der Waals surface area contributed by atoms with Crippen molar-refractivity contribution in [3.63, 3.8) is 0 Å². The molecule has 0 heterocycles. The number of alkyl halides is 1. The molecule has 0 bridgehead atoms. The van der Waals surface area contributed by atoms with Crippen molar-refractivity contribution in [1.29, 1.82) is 0 Å². The van der Waals surface area contributed by atoms with Crippen LogP contribution < -0.4 is 5.73 Å². The van der Waals surface area contributed by atoms with Gasteiger partial charge in [-0.2, -0.15) is 0 Å². The average Bonchev–Trinajstić information content (AvgIpc) is 2.20. The molecule has 76 valence electrons. The molecule has 0 aliphatic heterocycles. The van der Waals surface area contributed by atoms with Gasteiger partial charge in [-0.25, -0.2) is 8.78 Å². The van der Waals surface area contributed by atoms with Gasteiger partial charge in [0.25, 0.3) is 0 Å². The number of halogens is 2. The molecule has 1 aliphatic carbocycles. The first-order chi connectivity index (χ1) is 6.65. The second-order valence-corrected chi connectivity index (χ2v) is 3.82. The zero-order chi connectivity index (χ0) is 10.2. The molecular weight excluding hydrogens is 184 g/mol. The SMILES string of the molecule is NCC1(F)CCCc2ccc(F)cc21. The summed E-state index contributed by atoms with van der Waals surface area (Å²) in [7, 11) is 0. The van der Waals surface area contributed by atoms with Crippen LogP contribution in [-0.2, 0) is 12.1 Å². The lowest BCUT2D eigenvalue weighted by Crippen LogP contribution is -2.34. The smallest absolute Gasteiger partial charge is 0.148 e. The Hall–Kier alpha value is -0.960. The Morgan fingerprint density at radius 1 is 1.43 bits per heavy atom. The van der Waals surface area contributed by atoms with E-state index in [1.165, 1.54) is 12.1 Å². The van der Waals surface area contributed by atoms with Crippen LogP contribution >= 0.6 is 0 Å². The number of nitrogens with two attached hydrogens (primary N) is 1. The Kier molecular flexibility index (Phi) is 2.27. The fraction of sp³-hybridized carbons (Fsp3) is 0.455. The summed E-state index contributed by atoms with van der Waals surface area (Å²) in [6.07, 6.45) is 2.01. The minimum Gasteiger partial charge on any atom is -0.327 e. The van der Waals surface area contributed by atoms with Crippen LogP contribution in [0.3, 0.4) is 0 Å². The van der Waals surface area contributed by atoms with Crippen molar-refractivity contribution in [3.8, 4) is 0 Å². The van der Waals surface area contributed by atoms with Crippen LogP contribution in [0.15, 0.2) is 18.2 Å². The Morgan fingerprint density at radius 2 is 2.21 bits per heavy atom. The number of hydrogen-bond donors (Lipinski definition) is 1. The van der Waals surface area contributed by atoms with E-state index in [4.69, 9.17) is 5.73 Å². The van der Waals surface area contributed by atoms with Crippen LogP contribution in [0.4, 0.5) is 8.78 Å². The lowest BCUT2D eigenvalue weighted by Gasteiger charge is -2.30. The molecule has 0 saturated carbocycles. The number of fused-ring (bicyclic) bond motifs is 1. The van der Waals surface area contributed by atoms with E-state index in [9.17, 15) is 8.78 Å². The zero-order valence-electron chi connectivity index (χ0n) is 7.89. The summed E-state index contributed by atoms with van der Waals surface area (Å²) in [6.45, 7) is -0.0660. The molecule has 2 rings (SSSR count). The van der Waals surface area contributed by atoms with Crippen molar-refractivity contribution in [2.75, 3.05) is 6.54 Å². The Morgan fingerprint density at radius 3 is 2.93 bits per heavy atom. The minimum absolute atomic E-state index is 0.0660. The van der Waals surface area contributed by atoms with Crippen molar-refractivity contribution in [3.05, 3.63) is 35.1 Å². The molecule has 1 aromatic carbocycles. The van der Waals surface area contributed by atoms with E-state index >= 15 is 0 Å². The molecule has 0 radical (unpaired) electrons. The van der Waals surface area contributed by atoms with Gasteiger partial charge in [0.05, 0.1) is 0 Å². The number of hydrogen-bond acceptors (Lipinski definition) is 1. The van der Waals surface area contributed by atoms with Crippen molar-refractivity contribution in [1.82, 2.24) is 0 Å². The maximum atomic E-state index is 14.2. The van der Waals surface area contributed by atoms with Gasteiger partial charge < -0.3 is 5.73 Å². The van der Waals surface area contributed by atoms with Gasteiger partial charge >= 0.3 is 0 Å². The van der Waals surface area contributed by atoms with Gasteiger partial charge in [-0.3, -0.25) is 0 Å². The summed E-state index contributed by atoms with van der Waals surface area (Å²) in [4.78, 5) is 0. The predicted octanol–water partition coefficient (Wildman–Crippen LogP) is 2.29. The largest absolute Gasteiger partial charge is 0.327 e. The molecule has 1 aromatic rings. The highest BCUT2D eigenvalue weighted by atomic mass is 19.1. The van der Waals surface area contributed by atoms with Crippen LogP contribution in [0.2, 0.25) is 0 Å². The van der Waals surface area contributed by atoms with E-state index in [0.29, 0.717) is 12.0 Å². The van der Waals surface area contributed by atoms with Crippen molar-refractivity contribution in [2.45, 2.75) is 24.9 Å². The minimum atomic E-state index is -1.52. The van der Waals surface area contributed by atoms with Crippen molar-refractivity contribution >= 4 is 0 Å². The monoisotopic (exact) mass is 197 g/mol. The molecule has 0 spiro atoms. The maximum absolute atomic E-state index is 14.2. The molecule has 1 atom stereocenters. The van der Waals surface area contributed by atoms with Gasteiger partial charge in [-0.1, -0.05) is 6.07 Å². The third kappa shape index (κ3) is 1.42. The van der Waals surface area contributed by atoms with E-state index in [1.54, 1.807) is 6.07 Å². The maximum Gasteiger partial charge on any atom is 0.148 e. The lowest BCUT2D eigenvalue weighted by atomic mass is 9.80. The van der Waals surface area contributed by atoms with Gasteiger partial charge in [-0.05, 0) is 42.5 Å². The van der Waals surface area contributed by atoms with Gasteiger partial charge in [0.1, 0.15) is 11.5 Å². The van der Waals surface area contributed by atoms with Gasteiger partial charge in [0, 0.05) is 6.54 Å². The predicted molar refractivity (Wildman–Crippen MR) is 51.2 cm³/mol. The lowest BCUT2D eigenvalue weighted by molar-refractivity contribution is 0.146. The molecule has 2 N–H and O–H groups in total. The number of benzene rings is 1. The van der Waals surface area contributed by atoms with Gasteiger partial charge in [-0.15, -0.1) is 0 Å². The first-order valence-electron chi connectivity index (χ1n) is 4.83. The summed E-state index contributed by atoms with van der Waals surface area (Å²) < 4.78 is 27.1. The zero-order valence-corrected chi connectivity index (χ0v) is 7.89. The first-order valence-corrected chi connectivity index (χ1v) is 4.83. The van der Waals surface area contributed by atoms with E-state index in [0.717, 1.165) is 18.4 Å². The molecule has 14 heavy (non-hydrogen) atoms. The van der Waals surface area contributed by atoms with Crippen LogP contribution in [-0.4, -0.2) is 6.54 Å².